The topological polar surface area (TPSA) is 37.3 Å². The molecular formula is C17H19BrO2. The molecule has 0 heterocycles. The highest BCUT2D eigenvalue weighted by atomic mass is 79.9. The molecular weight excluding hydrogens is 316 g/mol. The molecule has 2 atom stereocenters. The highest BCUT2D eigenvalue weighted by Crippen LogP contribution is 2.52. The van der Waals surface area contributed by atoms with Gasteiger partial charge in [0.25, 0.3) is 0 Å². The number of halogens is 1. The molecule has 0 amide bonds. The Morgan fingerprint density at radius 3 is 2.65 bits per heavy atom. The van der Waals surface area contributed by atoms with Gasteiger partial charge in [-0.1, -0.05) is 45.8 Å². The third kappa shape index (κ3) is 2.27. The molecule has 2 fully saturated rings. The monoisotopic (exact) mass is 334 g/mol. The first-order valence-corrected chi connectivity index (χ1v) is 8.09. The lowest BCUT2D eigenvalue weighted by Crippen LogP contribution is -2.43. The Bertz CT molecular complexity index is 564. The molecule has 106 valence electrons. The number of Topliss-reactive ketones (excluding diaryl/α,β-unsaturated/α-hetero) is 1. The largest absolute Gasteiger partial charge is 0.384 e. The van der Waals surface area contributed by atoms with Gasteiger partial charge in [-0.15, -0.1) is 0 Å². The van der Waals surface area contributed by atoms with Crippen LogP contribution in [0.2, 0.25) is 0 Å². The number of carbonyl (C=O) groups is 1. The lowest BCUT2D eigenvalue weighted by molar-refractivity contribution is -0.136. The van der Waals surface area contributed by atoms with Crippen LogP contribution in [0.25, 0.3) is 6.08 Å². The fourth-order valence-electron chi connectivity index (χ4n) is 3.76. The molecule has 0 unspecified atom stereocenters. The maximum atomic E-state index is 11.9. The molecule has 20 heavy (non-hydrogen) atoms. The van der Waals surface area contributed by atoms with E-state index in [0.717, 1.165) is 42.1 Å². The second-order valence-electron chi connectivity index (χ2n) is 5.92. The summed E-state index contributed by atoms with van der Waals surface area (Å²) in [6.45, 7) is 0. The fourth-order valence-corrected chi connectivity index (χ4v) is 4.16. The normalized spacial score (nSPS) is 32.2. The summed E-state index contributed by atoms with van der Waals surface area (Å²) >= 11 is 3.57. The van der Waals surface area contributed by atoms with E-state index in [0.29, 0.717) is 6.42 Å². The number of ketones is 1. The lowest BCUT2D eigenvalue weighted by atomic mass is 9.67. The first kappa shape index (κ1) is 14.0. The van der Waals surface area contributed by atoms with Gasteiger partial charge < -0.3 is 5.11 Å². The minimum atomic E-state index is -0.799. The lowest BCUT2D eigenvalue weighted by Gasteiger charge is -2.38. The number of benzene rings is 1. The Morgan fingerprint density at radius 1 is 1.20 bits per heavy atom. The van der Waals surface area contributed by atoms with Crippen molar-refractivity contribution in [2.45, 2.75) is 44.6 Å². The van der Waals surface area contributed by atoms with Gasteiger partial charge >= 0.3 is 0 Å². The van der Waals surface area contributed by atoms with Crippen LogP contribution < -0.4 is 0 Å². The molecule has 3 rings (SSSR count). The minimum Gasteiger partial charge on any atom is -0.384 e. The summed E-state index contributed by atoms with van der Waals surface area (Å²) in [4.78, 5) is 11.9. The molecule has 0 aromatic heterocycles. The van der Waals surface area contributed by atoms with Gasteiger partial charge in [-0.25, -0.2) is 0 Å². The predicted molar refractivity (Wildman–Crippen MR) is 83.3 cm³/mol. The standard InChI is InChI=1S/C17H19BrO2/c18-14-7-2-1-5-12(14)11-13-6-3-9-17(13)10-4-8-15(19)16(17)20/h1-2,5,7,11,16,20H,3-4,6,8-10H2/b13-11+/t16-,17+/m0/s1. The van der Waals surface area contributed by atoms with E-state index in [1.54, 1.807) is 0 Å². The molecule has 1 aromatic carbocycles. The summed E-state index contributed by atoms with van der Waals surface area (Å²) in [5, 5.41) is 10.4. The Kier molecular flexibility index (Phi) is 3.83. The molecule has 1 spiro atoms. The summed E-state index contributed by atoms with van der Waals surface area (Å²) in [5.74, 6) is 0.0242. The number of aliphatic hydroxyl groups is 1. The molecule has 0 radical (unpaired) electrons. The minimum absolute atomic E-state index is 0.0242. The SMILES string of the molecule is O=C1CCC[C@@]2(CCC/C2=C\c2ccccc2Br)[C@H]1O. The summed E-state index contributed by atoms with van der Waals surface area (Å²) in [6, 6.07) is 8.10. The van der Waals surface area contributed by atoms with Crippen molar-refractivity contribution >= 4 is 27.8 Å². The Labute approximate surface area is 128 Å². The molecule has 0 bridgehead atoms. The van der Waals surface area contributed by atoms with Crippen molar-refractivity contribution in [1.82, 2.24) is 0 Å². The van der Waals surface area contributed by atoms with Gasteiger partial charge in [0.15, 0.2) is 5.78 Å². The predicted octanol–water partition coefficient (Wildman–Crippen LogP) is 4.12. The van der Waals surface area contributed by atoms with E-state index in [1.165, 1.54) is 5.57 Å². The molecule has 0 saturated heterocycles. The average Bonchev–Trinajstić information content (AvgIpc) is 2.83. The van der Waals surface area contributed by atoms with Crippen molar-refractivity contribution < 1.29 is 9.90 Å². The maximum absolute atomic E-state index is 11.9. The Morgan fingerprint density at radius 2 is 1.90 bits per heavy atom. The van der Waals surface area contributed by atoms with E-state index < -0.39 is 6.10 Å². The quantitative estimate of drug-likeness (QED) is 0.838. The van der Waals surface area contributed by atoms with Crippen molar-refractivity contribution in [2.24, 2.45) is 5.41 Å². The molecule has 1 N–H and O–H groups in total. The summed E-state index contributed by atoms with van der Waals surface area (Å²) < 4.78 is 1.06. The first-order chi connectivity index (χ1) is 9.63. The maximum Gasteiger partial charge on any atom is 0.162 e. The second-order valence-corrected chi connectivity index (χ2v) is 6.78. The van der Waals surface area contributed by atoms with Gasteiger partial charge in [0.05, 0.1) is 0 Å². The molecule has 2 nitrogen and oxygen atoms in total. The molecule has 2 aliphatic carbocycles. The molecule has 2 saturated carbocycles. The number of hydrogen-bond donors (Lipinski definition) is 1. The van der Waals surface area contributed by atoms with Crippen LogP contribution in [0.4, 0.5) is 0 Å². The zero-order valence-electron chi connectivity index (χ0n) is 11.4. The van der Waals surface area contributed by atoms with Crippen LogP contribution in [0, 0.1) is 5.41 Å². The molecule has 0 aliphatic heterocycles. The van der Waals surface area contributed by atoms with Gasteiger partial charge in [-0.05, 0) is 43.7 Å². The van der Waals surface area contributed by atoms with Gasteiger partial charge in [-0.2, -0.15) is 0 Å². The summed E-state index contributed by atoms with van der Waals surface area (Å²) in [7, 11) is 0. The molecule has 3 heteroatoms. The van der Waals surface area contributed by atoms with Gasteiger partial charge in [0.1, 0.15) is 6.10 Å². The second kappa shape index (κ2) is 5.45. The van der Waals surface area contributed by atoms with Crippen LogP contribution >= 0.6 is 15.9 Å². The van der Waals surface area contributed by atoms with Gasteiger partial charge in [0.2, 0.25) is 0 Å². The number of rotatable bonds is 1. The number of hydrogen-bond acceptors (Lipinski definition) is 2. The molecule has 2 aliphatic rings. The van der Waals surface area contributed by atoms with Crippen molar-refractivity contribution in [3.63, 3.8) is 0 Å². The Hall–Kier alpha value is -0.930. The van der Waals surface area contributed by atoms with Crippen LogP contribution in [-0.2, 0) is 4.79 Å². The van der Waals surface area contributed by atoms with E-state index in [4.69, 9.17) is 0 Å². The van der Waals surface area contributed by atoms with Crippen LogP contribution in [0.3, 0.4) is 0 Å². The van der Waals surface area contributed by atoms with Crippen LogP contribution in [0.5, 0.6) is 0 Å². The highest BCUT2D eigenvalue weighted by molar-refractivity contribution is 9.10. The molecule has 1 aromatic rings. The Balaban J connectivity index is 2.00. The van der Waals surface area contributed by atoms with E-state index in [2.05, 4.69) is 28.1 Å². The fraction of sp³-hybridized carbons (Fsp3) is 0.471. The highest BCUT2D eigenvalue weighted by Gasteiger charge is 2.48. The summed E-state index contributed by atoms with van der Waals surface area (Å²) in [6.07, 6.45) is 6.76. The van der Waals surface area contributed by atoms with Crippen LogP contribution in [0.1, 0.15) is 44.1 Å². The van der Waals surface area contributed by atoms with E-state index in [9.17, 15) is 9.90 Å². The van der Waals surface area contributed by atoms with Crippen LogP contribution in [0.15, 0.2) is 34.3 Å². The van der Waals surface area contributed by atoms with Gasteiger partial charge in [0, 0.05) is 16.3 Å². The van der Waals surface area contributed by atoms with Crippen molar-refractivity contribution in [3.05, 3.63) is 39.9 Å². The van der Waals surface area contributed by atoms with Crippen molar-refractivity contribution in [3.8, 4) is 0 Å². The number of carbonyl (C=O) groups excluding carboxylic acids is 1. The zero-order valence-corrected chi connectivity index (χ0v) is 13.0. The average molecular weight is 335 g/mol. The third-order valence-electron chi connectivity index (χ3n) is 4.82. The number of aliphatic hydroxyl groups excluding tert-OH is 1. The van der Waals surface area contributed by atoms with E-state index in [-0.39, 0.29) is 11.2 Å². The third-order valence-corrected chi connectivity index (χ3v) is 5.54. The van der Waals surface area contributed by atoms with E-state index >= 15 is 0 Å². The van der Waals surface area contributed by atoms with Gasteiger partial charge in [-0.3, -0.25) is 4.79 Å². The van der Waals surface area contributed by atoms with Crippen molar-refractivity contribution in [1.29, 1.82) is 0 Å². The van der Waals surface area contributed by atoms with E-state index in [1.807, 2.05) is 18.2 Å². The van der Waals surface area contributed by atoms with Crippen LogP contribution in [-0.4, -0.2) is 17.0 Å². The summed E-state index contributed by atoms with van der Waals surface area (Å²) in [5.41, 5.74) is 2.10. The van der Waals surface area contributed by atoms with Crippen molar-refractivity contribution in [2.75, 3.05) is 0 Å². The zero-order chi connectivity index (χ0) is 14.2. The smallest absolute Gasteiger partial charge is 0.162 e. The first-order valence-electron chi connectivity index (χ1n) is 7.30.